The summed E-state index contributed by atoms with van der Waals surface area (Å²) in [4.78, 5) is 1.24. The van der Waals surface area contributed by atoms with Crippen molar-refractivity contribution in [3.63, 3.8) is 0 Å². The van der Waals surface area contributed by atoms with Gasteiger partial charge in [-0.2, -0.15) is 0 Å². The van der Waals surface area contributed by atoms with Crippen molar-refractivity contribution < 1.29 is 0 Å². The summed E-state index contributed by atoms with van der Waals surface area (Å²) in [5.74, 6) is 0. The van der Waals surface area contributed by atoms with E-state index in [-0.39, 0.29) is 6.04 Å². The minimum atomic E-state index is 0.214. The molecule has 102 valence electrons. The molecular weight excluding hydrogens is 456 g/mol. The third kappa shape index (κ3) is 4.17. The third-order valence-electron chi connectivity index (χ3n) is 2.75. The summed E-state index contributed by atoms with van der Waals surface area (Å²) in [5.41, 5.74) is 1.28. The fraction of sp³-hybridized carbons (Fsp3) is 0.286. The van der Waals surface area contributed by atoms with Crippen molar-refractivity contribution in [2.75, 3.05) is 6.54 Å². The molecule has 0 radical (unpaired) electrons. The van der Waals surface area contributed by atoms with Gasteiger partial charge in [0.25, 0.3) is 0 Å². The highest BCUT2D eigenvalue weighted by Gasteiger charge is 2.17. The van der Waals surface area contributed by atoms with E-state index in [4.69, 9.17) is 11.6 Å². The molecule has 1 unspecified atom stereocenters. The summed E-state index contributed by atoms with van der Waals surface area (Å²) in [6.45, 7) is 3.17. The summed E-state index contributed by atoms with van der Waals surface area (Å²) in [6.07, 6.45) is 1.11. The Morgan fingerprint density at radius 3 is 2.58 bits per heavy atom. The zero-order valence-electron chi connectivity index (χ0n) is 10.4. The van der Waals surface area contributed by atoms with Gasteiger partial charge in [0.05, 0.1) is 14.9 Å². The van der Waals surface area contributed by atoms with Crippen molar-refractivity contribution in [2.24, 2.45) is 0 Å². The molecule has 2 aromatic rings. The smallest absolute Gasteiger partial charge is 0.0888 e. The molecule has 0 aliphatic carbocycles. The molecule has 2 rings (SSSR count). The first-order valence-electron chi connectivity index (χ1n) is 6.05. The highest BCUT2D eigenvalue weighted by molar-refractivity contribution is 14.1. The summed E-state index contributed by atoms with van der Waals surface area (Å²) in [5, 5.41) is 4.38. The van der Waals surface area contributed by atoms with E-state index in [1.54, 1.807) is 11.3 Å². The number of hydrogen-bond donors (Lipinski definition) is 1. The van der Waals surface area contributed by atoms with Crippen LogP contribution in [0.4, 0.5) is 0 Å². The van der Waals surface area contributed by atoms with E-state index in [1.165, 1.54) is 14.0 Å². The van der Waals surface area contributed by atoms with Crippen LogP contribution in [0.3, 0.4) is 0 Å². The first-order chi connectivity index (χ1) is 9.11. The summed E-state index contributed by atoms with van der Waals surface area (Å²) < 4.78 is 2.25. The van der Waals surface area contributed by atoms with Gasteiger partial charge in [0.1, 0.15) is 0 Å². The number of halogens is 3. The average Bonchev–Trinajstić information content (AvgIpc) is 2.72. The van der Waals surface area contributed by atoms with Crippen molar-refractivity contribution in [3.8, 4) is 0 Å². The molecule has 0 bridgehead atoms. The van der Waals surface area contributed by atoms with Gasteiger partial charge in [-0.05, 0) is 75.2 Å². The van der Waals surface area contributed by atoms with Gasteiger partial charge < -0.3 is 5.32 Å². The zero-order chi connectivity index (χ0) is 13.8. The quantitative estimate of drug-likeness (QED) is 0.540. The lowest BCUT2D eigenvalue weighted by Gasteiger charge is -2.17. The summed E-state index contributed by atoms with van der Waals surface area (Å²) >= 11 is 13.7. The maximum atomic E-state index is 6.15. The number of rotatable bonds is 5. The molecule has 1 aromatic heterocycles. The molecule has 1 heterocycles. The molecule has 0 saturated carbocycles. The Bertz CT molecular complexity index is 521. The molecule has 1 atom stereocenters. The highest BCUT2D eigenvalue weighted by Crippen LogP contribution is 2.37. The van der Waals surface area contributed by atoms with Crippen molar-refractivity contribution in [1.29, 1.82) is 0 Å². The monoisotopic (exact) mass is 469 g/mol. The van der Waals surface area contributed by atoms with Crippen LogP contribution in [0.15, 0.2) is 34.1 Å². The van der Waals surface area contributed by atoms with Crippen molar-refractivity contribution in [2.45, 2.75) is 19.4 Å². The normalized spacial score (nSPS) is 12.6. The van der Waals surface area contributed by atoms with Crippen molar-refractivity contribution in [1.82, 2.24) is 5.32 Å². The second kappa shape index (κ2) is 7.41. The molecule has 0 amide bonds. The molecule has 0 aliphatic heterocycles. The number of nitrogens with one attached hydrogen (secondary N) is 1. The van der Waals surface area contributed by atoms with Crippen LogP contribution >= 0.6 is 61.5 Å². The number of hydrogen-bond acceptors (Lipinski definition) is 2. The van der Waals surface area contributed by atoms with Gasteiger partial charge in [-0.1, -0.05) is 30.7 Å². The average molecular weight is 471 g/mol. The molecule has 5 heteroatoms. The molecule has 1 nitrogen and oxygen atoms in total. The summed E-state index contributed by atoms with van der Waals surface area (Å²) in [7, 11) is 0. The fourth-order valence-electron chi connectivity index (χ4n) is 1.83. The number of benzene rings is 1. The fourth-order valence-corrected chi connectivity index (χ4v) is 4.04. The van der Waals surface area contributed by atoms with Crippen LogP contribution < -0.4 is 5.32 Å². The van der Waals surface area contributed by atoms with Crippen LogP contribution in [-0.2, 0) is 0 Å². The maximum absolute atomic E-state index is 6.15. The van der Waals surface area contributed by atoms with E-state index < -0.39 is 0 Å². The molecule has 19 heavy (non-hydrogen) atoms. The van der Waals surface area contributed by atoms with Crippen molar-refractivity contribution >= 4 is 61.5 Å². The third-order valence-corrected chi connectivity index (χ3v) is 6.01. The van der Waals surface area contributed by atoms with Crippen LogP contribution in [0.1, 0.15) is 29.8 Å². The van der Waals surface area contributed by atoms with Crippen molar-refractivity contribution in [3.05, 3.63) is 53.2 Å². The van der Waals surface area contributed by atoms with Crippen LogP contribution in [0.2, 0.25) is 5.02 Å². The molecule has 0 spiro atoms. The predicted molar refractivity (Wildman–Crippen MR) is 96.3 cm³/mol. The minimum Gasteiger partial charge on any atom is -0.306 e. The molecule has 0 fully saturated rings. The lowest BCUT2D eigenvalue weighted by Crippen LogP contribution is -2.22. The van der Waals surface area contributed by atoms with Gasteiger partial charge in [0.2, 0.25) is 0 Å². The Hall–Kier alpha value is 0.380. The Labute approximate surface area is 145 Å². The molecular formula is C14H14BrClINS. The predicted octanol–water partition coefficient (Wildman–Crippen LogP) is 5.86. The Morgan fingerprint density at radius 2 is 2.05 bits per heavy atom. The van der Waals surface area contributed by atoms with Crippen LogP contribution in [0, 0.1) is 3.57 Å². The highest BCUT2D eigenvalue weighted by atomic mass is 127. The van der Waals surface area contributed by atoms with Gasteiger partial charge in [-0.15, -0.1) is 11.3 Å². The molecule has 0 saturated heterocycles. The first kappa shape index (κ1) is 15.8. The van der Waals surface area contributed by atoms with Gasteiger partial charge in [0, 0.05) is 8.45 Å². The Balaban J connectivity index is 2.32. The van der Waals surface area contributed by atoms with E-state index in [0.29, 0.717) is 0 Å². The first-order valence-corrected chi connectivity index (χ1v) is 9.12. The van der Waals surface area contributed by atoms with E-state index >= 15 is 0 Å². The number of thiophene rings is 1. The minimum absolute atomic E-state index is 0.214. The van der Waals surface area contributed by atoms with Gasteiger partial charge in [-0.3, -0.25) is 0 Å². The maximum Gasteiger partial charge on any atom is 0.0888 e. The van der Waals surface area contributed by atoms with E-state index in [0.717, 1.165) is 21.8 Å². The largest absolute Gasteiger partial charge is 0.306 e. The van der Waals surface area contributed by atoms with Gasteiger partial charge in [-0.25, -0.2) is 0 Å². The lowest BCUT2D eigenvalue weighted by molar-refractivity contribution is 0.606. The van der Waals surface area contributed by atoms with Gasteiger partial charge in [0.15, 0.2) is 0 Å². The van der Waals surface area contributed by atoms with Crippen LogP contribution in [-0.4, -0.2) is 6.54 Å². The Morgan fingerprint density at radius 1 is 1.37 bits per heavy atom. The zero-order valence-corrected chi connectivity index (χ0v) is 15.7. The van der Waals surface area contributed by atoms with Crippen LogP contribution in [0.5, 0.6) is 0 Å². The van der Waals surface area contributed by atoms with Gasteiger partial charge >= 0.3 is 0 Å². The topological polar surface area (TPSA) is 12.0 Å². The van der Waals surface area contributed by atoms with E-state index in [1.807, 2.05) is 6.07 Å². The molecule has 1 aromatic carbocycles. The second-order valence-electron chi connectivity index (χ2n) is 4.21. The molecule has 1 N–H and O–H groups in total. The summed E-state index contributed by atoms with van der Waals surface area (Å²) in [6, 6.07) is 10.9. The SMILES string of the molecule is CCCNC(c1ccc(I)cc1)c1cc(Cl)c(Br)s1. The van der Waals surface area contributed by atoms with E-state index in [9.17, 15) is 0 Å². The second-order valence-corrected chi connectivity index (χ2v) is 8.26. The standard InChI is InChI=1S/C14H14BrClINS/c1-2-7-18-13(9-3-5-10(17)6-4-9)12-8-11(16)14(15)19-12/h3-6,8,13,18H,2,7H2,1H3. The van der Waals surface area contributed by atoms with E-state index in [2.05, 4.69) is 75.0 Å². The van der Waals surface area contributed by atoms with Crippen LogP contribution in [0.25, 0.3) is 0 Å². The Kier molecular flexibility index (Phi) is 6.14. The lowest BCUT2D eigenvalue weighted by atomic mass is 10.1. The molecule has 0 aliphatic rings.